The highest BCUT2D eigenvalue weighted by Gasteiger charge is 2.27. The summed E-state index contributed by atoms with van der Waals surface area (Å²) in [5.41, 5.74) is 5.39. The highest BCUT2D eigenvalue weighted by molar-refractivity contribution is 5.92. The molecular weight excluding hydrogens is 204 g/mol. The zero-order valence-electron chi connectivity index (χ0n) is 10.2. The van der Waals surface area contributed by atoms with Crippen molar-refractivity contribution >= 4 is 5.91 Å². The molecule has 1 rings (SSSR count). The Morgan fingerprint density at radius 2 is 2.06 bits per heavy atom. The van der Waals surface area contributed by atoms with Crippen LogP contribution in [0.3, 0.4) is 0 Å². The monoisotopic (exact) mass is 224 g/mol. The largest absolute Gasteiger partial charge is 0.456 e. The number of hydrogen-bond acceptors (Lipinski definition) is 3. The molecule has 16 heavy (non-hydrogen) atoms. The molecule has 0 aliphatic rings. The molecule has 0 spiro atoms. The van der Waals surface area contributed by atoms with E-state index in [0.717, 1.165) is 18.6 Å². The quantitative estimate of drug-likeness (QED) is 0.801. The summed E-state index contributed by atoms with van der Waals surface area (Å²) in [6.45, 7) is 6.28. The lowest BCUT2D eigenvalue weighted by molar-refractivity contribution is 0.0865. The van der Waals surface area contributed by atoms with Crippen LogP contribution in [0.1, 0.15) is 43.0 Å². The molecule has 0 radical (unpaired) electrons. The fourth-order valence-electron chi connectivity index (χ4n) is 1.63. The van der Waals surface area contributed by atoms with Gasteiger partial charge in [0.25, 0.3) is 5.91 Å². The lowest BCUT2D eigenvalue weighted by Crippen LogP contribution is -2.52. The van der Waals surface area contributed by atoms with Gasteiger partial charge in [-0.2, -0.15) is 0 Å². The van der Waals surface area contributed by atoms with Crippen molar-refractivity contribution in [3.8, 4) is 0 Å². The predicted octanol–water partition coefficient (Wildman–Crippen LogP) is 1.84. The molecular formula is C12H20N2O2. The van der Waals surface area contributed by atoms with Gasteiger partial charge in [-0.15, -0.1) is 0 Å². The number of aryl methyl sites for hydroxylation is 1. The fourth-order valence-corrected chi connectivity index (χ4v) is 1.63. The van der Waals surface area contributed by atoms with Crippen molar-refractivity contribution in [3.05, 3.63) is 23.7 Å². The standard InChI is InChI=1S/C12H20N2O2/c1-4-12(5-2,8-13)14-11(15)10-7-6-9(3)16-10/h6-7H,4-5,8,13H2,1-3H3,(H,14,15). The molecule has 90 valence electrons. The van der Waals surface area contributed by atoms with E-state index in [1.165, 1.54) is 0 Å². The van der Waals surface area contributed by atoms with Crippen LogP contribution in [0.5, 0.6) is 0 Å². The molecule has 4 heteroatoms. The normalized spacial score (nSPS) is 11.5. The maximum atomic E-state index is 11.9. The van der Waals surface area contributed by atoms with Crippen LogP contribution in [0.4, 0.5) is 0 Å². The second kappa shape index (κ2) is 5.16. The molecule has 4 nitrogen and oxygen atoms in total. The second-order valence-corrected chi connectivity index (χ2v) is 4.06. The summed E-state index contributed by atoms with van der Waals surface area (Å²) in [5.74, 6) is 0.885. The van der Waals surface area contributed by atoms with Crippen LogP contribution in [0.2, 0.25) is 0 Å². The lowest BCUT2D eigenvalue weighted by atomic mass is 9.93. The van der Waals surface area contributed by atoms with Crippen LogP contribution in [-0.4, -0.2) is 18.0 Å². The minimum absolute atomic E-state index is 0.192. The van der Waals surface area contributed by atoms with E-state index in [1.54, 1.807) is 12.1 Å². The second-order valence-electron chi connectivity index (χ2n) is 4.06. The predicted molar refractivity (Wildman–Crippen MR) is 63.3 cm³/mol. The number of rotatable bonds is 5. The first-order valence-electron chi connectivity index (χ1n) is 5.66. The molecule has 0 bridgehead atoms. The number of nitrogens with one attached hydrogen (secondary N) is 1. The molecule has 0 saturated heterocycles. The number of carbonyl (C=O) groups excluding carboxylic acids is 1. The third kappa shape index (κ3) is 2.64. The maximum absolute atomic E-state index is 11.9. The molecule has 1 aromatic heterocycles. The highest BCUT2D eigenvalue weighted by Crippen LogP contribution is 2.15. The van der Waals surface area contributed by atoms with Gasteiger partial charge in [-0.3, -0.25) is 4.79 Å². The molecule has 0 aliphatic heterocycles. The van der Waals surface area contributed by atoms with E-state index >= 15 is 0 Å². The Labute approximate surface area is 96.2 Å². The summed E-state index contributed by atoms with van der Waals surface area (Å²) in [5, 5.41) is 2.95. The van der Waals surface area contributed by atoms with Gasteiger partial charge in [-0.25, -0.2) is 0 Å². The van der Waals surface area contributed by atoms with Crippen molar-refractivity contribution < 1.29 is 9.21 Å². The zero-order chi connectivity index (χ0) is 12.2. The molecule has 0 aliphatic carbocycles. The van der Waals surface area contributed by atoms with E-state index in [-0.39, 0.29) is 11.4 Å². The minimum Gasteiger partial charge on any atom is -0.456 e. The Morgan fingerprint density at radius 3 is 2.44 bits per heavy atom. The molecule has 0 saturated carbocycles. The van der Waals surface area contributed by atoms with Crippen LogP contribution in [0, 0.1) is 6.92 Å². The number of carbonyl (C=O) groups is 1. The van der Waals surface area contributed by atoms with Gasteiger partial charge in [-0.1, -0.05) is 13.8 Å². The molecule has 0 aromatic carbocycles. The number of amides is 1. The number of hydrogen-bond donors (Lipinski definition) is 2. The summed E-state index contributed by atoms with van der Waals surface area (Å²) in [6.07, 6.45) is 1.62. The third-order valence-corrected chi connectivity index (χ3v) is 3.09. The van der Waals surface area contributed by atoms with Crippen molar-refractivity contribution in [3.63, 3.8) is 0 Å². The van der Waals surface area contributed by atoms with E-state index in [2.05, 4.69) is 5.32 Å². The summed E-state index contributed by atoms with van der Waals surface area (Å²) in [7, 11) is 0. The lowest BCUT2D eigenvalue weighted by Gasteiger charge is -2.30. The average Bonchev–Trinajstić information content (AvgIpc) is 2.73. The molecule has 1 amide bonds. The van der Waals surface area contributed by atoms with Crippen LogP contribution < -0.4 is 11.1 Å². The summed E-state index contributed by atoms with van der Waals surface area (Å²) in [4.78, 5) is 11.9. The number of nitrogens with two attached hydrogens (primary N) is 1. The van der Waals surface area contributed by atoms with E-state index in [0.29, 0.717) is 12.3 Å². The van der Waals surface area contributed by atoms with Gasteiger partial charge in [0.05, 0.1) is 5.54 Å². The summed E-state index contributed by atoms with van der Waals surface area (Å²) >= 11 is 0. The highest BCUT2D eigenvalue weighted by atomic mass is 16.3. The Morgan fingerprint density at radius 1 is 1.44 bits per heavy atom. The maximum Gasteiger partial charge on any atom is 0.287 e. The van der Waals surface area contributed by atoms with Gasteiger partial charge >= 0.3 is 0 Å². The first-order valence-corrected chi connectivity index (χ1v) is 5.66. The Kier molecular flexibility index (Phi) is 4.12. The number of furan rings is 1. The Hall–Kier alpha value is -1.29. The van der Waals surface area contributed by atoms with Gasteiger partial charge in [0.15, 0.2) is 5.76 Å². The van der Waals surface area contributed by atoms with Gasteiger partial charge in [0.2, 0.25) is 0 Å². The molecule has 3 N–H and O–H groups in total. The average molecular weight is 224 g/mol. The smallest absolute Gasteiger partial charge is 0.287 e. The van der Waals surface area contributed by atoms with E-state index in [9.17, 15) is 4.79 Å². The van der Waals surface area contributed by atoms with E-state index < -0.39 is 0 Å². The minimum atomic E-state index is -0.322. The van der Waals surface area contributed by atoms with Crippen LogP contribution >= 0.6 is 0 Å². The van der Waals surface area contributed by atoms with E-state index in [4.69, 9.17) is 10.2 Å². The van der Waals surface area contributed by atoms with Crippen molar-refractivity contribution in [2.24, 2.45) is 5.73 Å². The van der Waals surface area contributed by atoms with Gasteiger partial charge < -0.3 is 15.5 Å². The van der Waals surface area contributed by atoms with Crippen LogP contribution in [-0.2, 0) is 0 Å². The summed E-state index contributed by atoms with van der Waals surface area (Å²) in [6, 6.07) is 3.45. The van der Waals surface area contributed by atoms with Crippen molar-refractivity contribution in [1.29, 1.82) is 0 Å². The first-order chi connectivity index (χ1) is 7.56. The molecule has 1 aromatic rings. The first kappa shape index (κ1) is 12.8. The van der Waals surface area contributed by atoms with Gasteiger partial charge in [-0.05, 0) is 31.9 Å². The van der Waals surface area contributed by atoms with Gasteiger partial charge in [0.1, 0.15) is 5.76 Å². The topological polar surface area (TPSA) is 68.3 Å². The van der Waals surface area contributed by atoms with Gasteiger partial charge in [0, 0.05) is 6.54 Å². The Bertz CT molecular complexity index is 345. The van der Waals surface area contributed by atoms with Crippen molar-refractivity contribution in [2.75, 3.05) is 6.54 Å². The SMILES string of the molecule is CCC(CC)(CN)NC(=O)c1ccc(C)o1. The fraction of sp³-hybridized carbons (Fsp3) is 0.583. The third-order valence-electron chi connectivity index (χ3n) is 3.09. The van der Waals surface area contributed by atoms with Crippen molar-refractivity contribution in [2.45, 2.75) is 39.2 Å². The molecule has 1 heterocycles. The van der Waals surface area contributed by atoms with Crippen LogP contribution in [0.15, 0.2) is 16.5 Å². The van der Waals surface area contributed by atoms with Crippen molar-refractivity contribution in [1.82, 2.24) is 5.32 Å². The Balaban J connectivity index is 2.76. The molecule has 0 fully saturated rings. The molecule has 0 atom stereocenters. The molecule has 0 unspecified atom stereocenters. The van der Waals surface area contributed by atoms with Crippen LogP contribution in [0.25, 0.3) is 0 Å². The summed E-state index contributed by atoms with van der Waals surface area (Å²) < 4.78 is 5.27. The zero-order valence-corrected chi connectivity index (χ0v) is 10.2. The van der Waals surface area contributed by atoms with E-state index in [1.807, 2.05) is 20.8 Å².